The second-order valence-corrected chi connectivity index (χ2v) is 3.81. The van der Waals surface area contributed by atoms with Gasteiger partial charge in [0, 0.05) is 36.2 Å². The summed E-state index contributed by atoms with van der Waals surface area (Å²) in [6.45, 7) is 0.817. The van der Waals surface area contributed by atoms with Gasteiger partial charge < -0.3 is 4.90 Å². The van der Waals surface area contributed by atoms with Crippen LogP contribution in [0.15, 0.2) is 23.1 Å². The molecule has 0 amide bonds. The molecule has 2 nitrogen and oxygen atoms in total. The quantitative estimate of drug-likeness (QED) is 0.636. The predicted molar refractivity (Wildman–Crippen MR) is 55.9 cm³/mol. The first-order valence-corrected chi connectivity index (χ1v) is 4.70. The molecule has 3 heteroatoms. The van der Waals surface area contributed by atoms with Crippen molar-refractivity contribution >= 4 is 24.1 Å². The van der Waals surface area contributed by atoms with E-state index in [1.54, 1.807) is 0 Å². The number of anilines is 1. The Morgan fingerprint density at radius 1 is 1.46 bits per heavy atom. The maximum absolute atomic E-state index is 11.5. The van der Waals surface area contributed by atoms with Crippen LogP contribution in [0.2, 0.25) is 0 Å². The number of benzene rings is 1. The fourth-order valence-corrected chi connectivity index (χ4v) is 1.81. The summed E-state index contributed by atoms with van der Waals surface area (Å²) in [6.07, 6.45) is 0.612. The molecule has 0 spiro atoms. The Kier molecular flexibility index (Phi) is 2.04. The Hall–Kier alpha value is -0.960. The molecule has 0 bridgehead atoms. The van der Waals surface area contributed by atoms with Crippen molar-refractivity contribution in [1.29, 1.82) is 0 Å². The summed E-state index contributed by atoms with van der Waals surface area (Å²) < 4.78 is 0. The van der Waals surface area contributed by atoms with Crippen LogP contribution in [0.25, 0.3) is 0 Å². The minimum absolute atomic E-state index is 0.226. The second-order valence-electron chi connectivity index (χ2n) is 3.30. The van der Waals surface area contributed by atoms with E-state index in [4.69, 9.17) is 0 Å². The highest BCUT2D eigenvalue weighted by Crippen LogP contribution is 2.27. The first-order valence-electron chi connectivity index (χ1n) is 4.26. The van der Waals surface area contributed by atoms with E-state index < -0.39 is 0 Å². The van der Waals surface area contributed by atoms with Gasteiger partial charge in [-0.25, -0.2) is 0 Å². The van der Waals surface area contributed by atoms with E-state index >= 15 is 0 Å². The Bertz CT molecular complexity index is 362. The van der Waals surface area contributed by atoms with Crippen molar-refractivity contribution in [1.82, 2.24) is 0 Å². The average Bonchev–Trinajstić information content (AvgIpc) is 2.12. The van der Waals surface area contributed by atoms with E-state index in [1.807, 2.05) is 25.2 Å². The molecule has 13 heavy (non-hydrogen) atoms. The molecule has 2 rings (SSSR count). The SMILES string of the molecule is CN1CCC(=O)c2cc(S)ccc21. The van der Waals surface area contributed by atoms with Gasteiger partial charge in [0.2, 0.25) is 0 Å². The molecule has 0 aliphatic carbocycles. The third-order valence-electron chi connectivity index (χ3n) is 2.37. The number of Topliss-reactive ketones (excluding diaryl/α,β-unsaturated/α-hetero) is 1. The number of ketones is 1. The van der Waals surface area contributed by atoms with Crippen molar-refractivity contribution in [2.45, 2.75) is 11.3 Å². The molecule has 0 radical (unpaired) electrons. The van der Waals surface area contributed by atoms with Crippen LogP contribution in [0.3, 0.4) is 0 Å². The van der Waals surface area contributed by atoms with Crippen LogP contribution in [-0.4, -0.2) is 19.4 Å². The zero-order valence-corrected chi connectivity index (χ0v) is 8.34. The number of rotatable bonds is 0. The van der Waals surface area contributed by atoms with Gasteiger partial charge in [-0.05, 0) is 18.2 Å². The van der Waals surface area contributed by atoms with E-state index in [0.29, 0.717) is 6.42 Å². The zero-order valence-electron chi connectivity index (χ0n) is 7.45. The van der Waals surface area contributed by atoms with Gasteiger partial charge in [-0.3, -0.25) is 4.79 Å². The van der Waals surface area contributed by atoms with Crippen LogP contribution in [0.4, 0.5) is 5.69 Å². The number of hydrogen-bond donors (Lipinski definition) is 1. The minimum Gasteiger partial charge on any atom is -0.374 e. The molecule has 0 saturated carbocycles. The van der Waals surface area contributed by atoms with E-state index in [9.17, 15) is 4.79 Å². The van der Waals surface area contributed by atoms with Gasteiger partial charge in [-0.2, -0.15) is 0 Å². The highest BCUT2D eigenvalue weighted by atomic mass is 32.1. The molecule has 1 aliphatic heterocycles. The summed E-state index contributed by atoms with van der Waals surface area (Å²) in [7, 11) is 2.00. The third-order valence-corrected chi connectivity index (χ3v) is 2.64. The smallest absolute Gasteiger partial charge is 0.166 e. The van der Waals surface area contributed by atoms with Gasteiger partial charge >= 0.3 is 0 Å². The lowest BCUT2D eigenvalue weighted by Crippen LogP contribution is -2.28. The van der Waals surface area contributed by atoms with Gasteiger partial charge in [-0.15, -0.1) is 12.6 Å². The molecule has 0 aromatic heterocycles. The van der Waals surface area contributed by atoms with Crippen molar-refractivity contribution in [3.8, 4) is 0 Å². The predicted octanol–water partition coefficient (Wildman–Crippen LogP) is 2.00. The number of nitrogens with zero attached hydrogens (tertiary/aromatic N) is 1. The van der Waals surface area contributed by atoms with Gasteiger partial charge in [0.05, 0.1) is 0 Å². The molecule has 68 valence electrons. The van der Waals surface area contributed by atoms with Crippen molar-refractivity contribution in [2.75, 3.05) is 18.5 Å². The molecule has 1 heterocycles. The van der Waals surface area contributed by atoms with E-state index in [-0.39, 0.29) is 5.78 Å². The third kappa shape index (κ3) is 1.44. The lowest BCUT2D eigenvalue weighted by Gasteiger charge is -2.26. The number of carbonyl (C=O) groups excluding carboxylic acids is 1. The van der Waals surface area contributed by atoms with Gasteiger partial charge in [-0.1, -0.05) is 0 Å². The van der Waals surface area contributed by atoms with Crippen LogP contribution in [0, 0.1) is 0 Å². The molecule has 1 aromatic rings. The first kappa shape index (κ1) is 8.63. The van der Waals surface area contributed by atoms with Crippen LogP contribution < -0.4 is 4.90 Å². The molecule has 1 aliphatic rings. The lowest BCUT2D eigenvalue weighted by molar-refractivity contribution is 0.0980. The van der Waals surface area contributed by atoms with Crippen LogP contribution in [0.5, 0.6) is 0 Å². The summed E-state index contributed by atoms with van der Waals surface area (Å²) in [5.74, 6) is 0.226. The van der Waals surface area contributed by atoms with Crippen LogP contribution in [0.1, 0.15) is 16.8 Å². The van der Waals surface area contributed by atoms with Crippen molar-refractivity contribution in [3.63, 3.8) is 0 Å². The van der Waals surface area contributed by atoms with Crippen LogP contribution in [-0.2, 0) is 0 Å². The molecule has 0 saturated heterocycles. The fourth-order valence-electron chi connectivity index (χ4n) is 1.60. The highest BCUT2D eigenvalue weighted by Gasteiger charge is 2.20. The molecular weight excluding hydrogens is 182 g/mol. The van der Waals surface area contributed by atoms with Crippen molar-refractivity contribution < 1.29 is 4.79 Å². The maximum Gasteiger partial charge on any atom is 0.166 e. The van der Waals surface area contributed by atoms with Crippen molar-refractivity contribution in [3.05, 3.63) is 23.8 Å². The maximum atomic E-state index is 11.5. The zero-order chi connectivity index (χ0) is 9.42. The molecule has 0 unspecified atom stereocenters. The molecular formula is C10H11NOS. The highest BCUT2D eigenvalue weighted by molar-refractivity contribution is 7.80. The number of fused-ring (bicyclic) bond motifs is 1. The molecule has 0 atom stereocenters. The molecule has 1 aromatic carbocycles. The summed E-state index contributed by atoms with van der Waals surface area (Å²) in [6, 6.07) is 5.71. The second kappa shape index (κ2) is 3.07. The van der Waals surface area contributed by atoms with E-state index in [0.717, 1.165) is 22.7 Å². The number of carbonyl (C=O) groups is 1. The number of hydrogen-bond acceptors (Lipinski definition) is 3. The largest absolute Gasteiger partial charge is 0.374 e. The molecule has 0 fully saturated rings. The average molecular weight is 193 g/mol. The minimum atomic E-state index is 0.226. The number of thiol groups is 1. The topological polar surface area (TPSA) is 20.3 Å². The Morgan fingerprint density at radius 3 is 3.00 bits per heavy atom. The standard InChI is InChI=1S/C10H11NOS/c1-11-5-4-10(12)8-6-7(13)2-3-9(8)11/h2-3,6,13H,4-5H2,1H3. The normalized spacial score (nSPS) is 15.8. The van der Waals surface area contributed by atoms with E-state index in [2.05, 4.69) is 17.5 Å². The fraction of sp³-hybridized carbons (Fsp3) is 0.300. The summed E-state index contributed by atoms with van der Waals surface area (Å²) in [5.41, 5.74) is 1.83. The summed E-state index contributed by atoms with van der Waals surface area (Å²) >= 11 is 4.22. The van der Waals surface area contributed by atoms with Gasteiger partial charge in [0.1, 0.15) is 0 Å². The summed E-state index contributed by atoms with van der Waals surface area (Å²) in [4.78, 5) is 14.5. The summed E-state index contributed by atoms with van der Waals surface area (Å²) in [5, 5.41) is 0. The Morgan fingerprint density at radius 2 is 2.23 bits per heavy atom. The molecule has 0 N–H and O–H groups in total. The lowest BCUT2D eigenvalue weighted by atomic mass is 10.0. The Balaban J connectivity index is 2.57. The monoisotopic (exact) mass is 193 g/mol. The van der Waals surface area contributed by atoms with Crippen LogP contribution >= 0.6 is 12.6 Å². The van der Waals surface area contributed by atoms with E-state index in [1.165, 1.54) is 0 Å². The van der Waals surface area contributed by atoms with Gasteiger partial charge in [0.25, 0.3) is 0 Å². The van der Waals surface area contributed by atoms with Gasteiger partial charge in [0.15, 0.2) is 5.78 Å². The van der Waals surface area contributed by atoms with Crippen molar-refractivity contribution in [2.24, 2.45) is 0 Å². The first-order chi connectivity index (χ1) is 6.18. The Labute approximate surface area is 83.0 Å².